The van der Waals surface area contributed by atoms with E-state index in [1.165, 1.54) is 0 Å². The Morgan fingerprint density at radius 3 is 0.412 bits per heavy atom. The van der Waals surface area contributed by atoms with Crippen LogP contribution in [-0.2, 0) is 21.1 Å². The molecule has 0 saturated carbocycles. The van der Waals surface area contributed by atoms with Crippen molar-refractivity contribution in [2.24, 2.45) is 0 Å². The number of rotatable bonds is 0. The molecule has 17 heteroatoms. The molecule has 0 rings (SSSR count). The molecule has 0 fully saturated rings. The molecule has 98 valence electrons. The summed E-state index contributed by atoms with van der Waals surface area (Å²) in [6.07, 6.45) is 0. The normalized spacial score (nSPS) is 5.65. The van der Waals surface area contributed by atoms with Gasteiger partial charge < -0.3 is 61.3 Å². The van der Waals surface area contributed by atoms with Gasteiger partial charge in [0.1, 0.15) is 0 Å². The molecule has 0 N–H and O–H groups in total. The van der Waals surface area contributed by atoms with Crippen LogP contribution in [0.5, 0.6) is 0 Å². The summed E-state index contributed by atoms with van der Waals surface area (Å²) in [6, 6.07) is 0. The summed E-state index contributed by atoms with van der Waals surface area (Å²) in [5.41, 5.74) is 0. The van der Waals surface area contributed by atoms with Crippen LogP contribution in [0.1, 0.15) is 0 Å². The molecule has 0 aromatic rings. The van der Waals surface area contributed by atoms with Crippen molar-refractivity contribution in [3.8, 4) is 0 Å². The van der Waals surface area contributed by atoms with Crippen molar-refractivity contribution in [3.05, 3.63) is 61.3 Å². The van der Waals surface area contributed by atoms with E-state index in [0.29, 0.717) is 0 Å². The van der Waals surface area contributed by atoms with Gasteiger partial charge in [0, 0.05) is 0 Å². The summed E-state index contributed by atoms with van der Waals surface area (Å²) in [4.78, 5) is 33.0. The molecule has 0 saturated heterocycles. The molecular weight excluding hydrogens is 432 g/mol. The van der Waals surface area contributed by atoms with Gasteiger partial charge in [-0.2, -0.15) is 0 Å². The predicted molar refractivity (Wildman–Crippen MR) is 41.4 cm³/mol. The van der Waals surface area contributed by atoms with E-state index in [4.69, 9.17) is 61.3 Å². The third-order valence-corrected chi connectivity index (χ3v) is 0. The smallest absolute Gasteiger partial charge is 0.356 e. The zero-order valence-electron chi connectivity index (χ0n) is 7.10. The average Bonchev–Trinajstić information content (AvgIpc) is 1.76. The first kappa shape index (κ1) is 29.3. The van der Waals surface area contributed by atoms with Crippen molar-refractivity contribution in [3.63, 3.8) is 0 Å². The Bertz CT molecular complexity index is 159. The maximum absolute atomic E-state index is 8.25. The second-order valence-electron chi connectivity index (χ2n) is 0.894. The zero-order chi connectivity index (χ0) is 14.3. The van der Waals surface area contributed by atoms with E-state index >= 15 is 0 Å². The van der Waals surface area contributed by atoms with E-state index in [-0.39, 0.29) is 21.1 Å². The minimum absolute atomic E-state index is 0. The van der Waals surface area contributed by atoms with E-state index < -0.39 is 20.3 Å². The Hall–Kier alpha value is -2.51. The molecule has 0 unspecified atom stereocenters. The molecule has 16 nitrogen and oxygen atoms in total. The molecule has 0 radical (unpaired) electrons. The van der Waals surface area contributed by atoms with E-state index in [0.717, 1.165) is 0 Å². The van der Waals surface area contributed by atoms with Crippen LogP contribution in [0.3, 0.4) is 0 Å². The molecule has 0 amide bonds. The van der Waals surface area contributed by atoms with Crippen molar-refractivity contribution in [1.82, 2.24) is 0 Å². The van der Waals surface area contributed by atoms with Crippen LogP contribution < -0.4 is 0 Å². The van der Waals surface area contributed by atoms with Crippen molar-refractivity contribution in [2.75, 3.05) is 0 Å². The van der Waals surface area contributed by atoms with Crippen LogP contribution in [0.4, 0.5) is 0 Å². The summed E-state index contributed by atoms with van der Waals surface area (Å²) in [7, 11) is 0. The Morgan fingerprint density at radius 1 is 0.412 bits per heavy atom. The van der Waals surface area contributed by atoms with Crippen molar-refractivity contribution in [2.45, 2.75) is 0 Å². The molecule has 0 spiro atoms. The van der Waals surface area contributed by atoms with Gasteiger partial charge >= 0.3 is 21.1 Å². The van der Waals surface area contributed by atoms with Gasteiger partial charge in [-0.05, 0) is 0 Å². The summed E-state index contributed by atoms with van der Waals surface area (Å²) in [6.45, 7) is 0. The van der Waals surface area contributed by atoms with Gasteiger partial charge in [-0.15, -0.1) is 0 Å². The quantitative estimate of drug-likeness (QED) is 0.331. The largest absolute Gasteiger partial charge is 4.00 e. The second-order valence-corrected chi connectivity index (χ2v) is 0.894. The Kier molecular flexibility index (Phi) is 40.2. The van der Waals surface area contributed by atoms with E-state index in [1.807, 2.05) is 0 Å². The molecule has 0 atom stereocenters. The first-order valence-corrected chi connectivity index (χ1v) is 2.19. The molecule has 0 aliphatic heterocycles. The van der Waals surface area contributed by atoms with Crippen LogP contribution >= 0.6 is 0 Å². The Labute approximate surface area is 103 Å². The van der Waals surface area contributed by atoms with E-state index in [2.05, 4.69) is 0 Å². The van der Waals surface area contributed by atoms with Gasteiger partial charge in [0.2, 0.25) is 0 Å². The van der Waals surface area contributed by atoms with Gasteiger partial charge in [-0.25, -0.2) is 0 Å². The van der Waals surface area contributed by atoms with E-state index in [1.54, 1.807) is 0 Å². The van der Waals surface area contributed by atoms with Crippen molar-refractivity contribution in [1.29, 1.82) is 0 Å². The summed E-state index contributed by atoms with van der Waals surface area (Å²) < 4.78 is 0. The Morgan fingerprint density at radius 2 is 0.412 bits per heavy atom. The molecule has 0 aromatic carbocycles. The predicted octanol–water partition coefficient (Wildman–Crippen LogP) is -0.959. The maximum Gasteiger partial charge on any atom is 4.00 e. The van der Waals surface area contributed by atoms with Crippen molar-refractivity contribution < 1.29 is 41.4 Å². The third kappa shape index (κ3) is 282. The molecule has 0 heterocycles. The topological polar surface area (TPSA) is 265 Å². The molecule has 0 aromatic heterocycles. The van der Waals surface area contributed by atoms with Gasteiger partial charge in [0.05, 0.1) is 20.3 Å². The van der Waals surface area contributed by atoms with Crippen molar-refractivity contribution >= 4 is 0 Å². The number of hydrogen-bond donors (Lipinski definition) is 0. The monoisotopic (exact) mass is 432 g/mol. The minimum Gasteiger partial charge on any atom is -0.356 e. The zero-order valence-corrected chi connectivity index (χ0v) is 10.0. The van der Waals surface area contributed by atoms with Crippen LogP contribution in [0.2, 0.25) is 0 Å². The van der Waals surface area contributed by atoms with Gasteiger partial charge in [-0.1, -0.05) is 0 Å². The maximum atomic E-state index is 8.25. The van der Waals surface area contributed by atoms with Gasteiger partial charge in [0.15, 0.2) is 0 Å². The van der Waals surface area contributed by atoms with Crippen LogP contribution in [-0.4, -0.2) is 20.3 Å². The summed E-state index contributed by atoms with van der Waals surface area (Å²) >= 11 is 0. The third-order valence-electron chi connectivity index (χ3n) is 0. The van der Waals surface area contributed by atoms with Gasteiger partial charge in [-0.3, -0.25) is 0 Å². The van der Waals surface area contributed by atoms with E-state index in [9.17, 15) is 0 Å². The fourth-order valence-corrected chi connectivity index (χ4v) is 0. The average molecular weight is 432 g/mol. The molecule has 17 heavy (non-hydrogen) atoms. The molecule has 0 aliphatic rings. The standard InChI is InChI=1S/4NO3.W/c4*2-1(3)4;/q4*-1;+4. The molecule has 0 aliphatic carbocycles. The fourth-order valence-electron chi connectivity index (χ4n) is 0. The number of hydrogen-bond acceptors (Lipinski definition) is 12. The SMILES string of the molecule is O=[N+]([O-])[O-].O=[N+]([O-])[O-].O=[N+]([O-])[O-].O=[N+]([O-])[O-].[W+4]. The van der Waals surface area contributed by atoms with Gasteiger partial charge in [0.25, 0.3) is 0 Å². The first-order valence-electron chi connectivity index (χ1n) is 2.19. The van der Waals surface area contributed by atoms with Crippen LogP contribution in [0.25, 0.3) is 0 Å². The summed E-state index contributed by atoms with van der Waals surface area (Å²) in [5.74, 6) is 0. The Balaban J connectivity index is -0.0000000369. The second kappa shape index (κ2) is 23.4. The number of nitrogens with zero attached hydrogens (tertiary/aromatic N) is 4. The van der Waals surface area contributed by atoms with Crippen LogP contribution in [0, 0.1) is 61.3 Å². The van der Waals surface area contributed by atoms with Crippen LogP contribution in [0.15, 0.2) is 0 Å². The first-order chi connectivity index (χ1) is 6.93. The molecular formula is N4O12W. The molecule has 0 bridgehead atoms. The minimum atomic E-state index is -1.75. The fraction of sp³-hybridized carbons (Fsp3) is 0. The summed E-state index contributed by atoms with van der Waals surface area (Å²) in [5, 5.41) is 59.0.